The number of hydrogen-bond donors (Lipinski definition) is 1. The summed E-state index contributed by atoms with van der Waals surface area (Å²) < 4.78 is 28.6. The van der Waals surface area contributed by atoms with E-state index in [9.17, 15) is 18.0 Å². The zero-order valence-electron chi connectivity index (χ0n) is 21.1. The summed E-state index contributed by atoms with van der Waals surface area (Å²) in [6, 6.07) is 22.0. The van der Waals surface area contributed by atoms with E-state index in [1.807, 2.05) is 44.2 Å². The van der Waals surface area contributed by atoms with Crippen LogP contribution in [0.4, 0.5) is 5.69 Å². The molecule has 0 heterocycles. The van der Waals surface area contributed by atoms with Crippen molar-refractivity contribution in [3.8, 4) is 0 Å². The van der Waals surface area contributed by atoms with Crippen molar-refractivity contribution in [3.05, 3.63) is 95.6 Å². The van der Waals surface area contributed by atoms with Gasteiger partial charge in [-0.3, -0.25) is 13.9 Å². The molecule has 0 fully saturated rings. The van der Waals surface area contributed by atoms with Crippen LogP contribution in [0.2, 0.25) is 0 Å². The normalized spacial score (nSPS) is 12.0. The van der Waals surface area contributed by atoms with Crippen LogP contribution in [0.5, 0.6) is 0 Å². The van der Waals surface area contributed by atoms with Crippen LogP contribution in [0.3, 0.4) is 0 Å². The minimum Gasteiger partial charge on any atom is -0.355 e. The molecule has 3 rings (SSSR count). The molecule has 0 bridgehead atoms. The van der Waals surface area contributed by atoms with Crippen LogP contribution >= 0.6 is 0 Å². The molecule has 1 N–H and O–H groups in total. The van der Waals surface area contributed by atoms with Gasteiger partial charge in [0, 0.05) is 13.1 Å². The van der Waals surface area contributed by atoms with Gasteiger partial charge in [-0.25, -0.2) is 8.42 Å². The van der Waals surface area contributed by atoms with Gasteiger partial charge in [0.1, 0.15) is 12.6 Å². The Bertz CT molecular complexity index is 1290. The highest BCUT2D eigenvalue weighted by molar-refractivity contribution is 7.92. The Morgan fingerprint density at radius 3 is 2.11 bits per heavy atom. The number of aryl methyl sites for hydroxylation is 2. The van der Waals surface area contributed by atoms with Crippen molar-refractivity contribution in [1.29, 1.82) is 0 Å². The number of hydrogen-bond acceptors (Lipinski definition) is 4. The molecule has 36 heavy (non-hydrogen) atoms. The molecule has 0 spiro atoms. The lowest BCUT2D eigenvalue weighted by Gasteiger charge is -2.32. The predicted octanol–water partition coefficient (Wildman–Crippen LogP) is 4.05. The van der Waals surface area contributed by atoms with Crippen LogP contribution in [-0.4, -0.2) is 44.3 Å². The lowest BCUT2D eigenvalue weighted by atomic mass is 10.1. The number of benzene rings is 3. The minimum atomic E-state index is -4.05. The first kappa shape index (κ1) is 26.9. The lowest BCUT2D eigenvalue weighted by molar-refractivity contribution is -0.139. The zero-order valence-corrected chi connectivity index (χ0v) is 22.0. The molecule has 1 atom stereocenters. The summed E-state index contributed by atoms with van der Waals surface area (Å²) in [7, 11) is -4.05. The Labute approximate surface area is 213 Å². The second-order valence-electron chi connectivity index (χ2n) is 8.69. The first-order valence-corrected chi connectivity index (χ1v) is 13.3. The summed E-state index contributed by atoms with van der Waals surface area (Å²) in [4.78, 5) is 28.0. The van der Waals surface area contributed by atoms with E-state index >= 15 is 0 Å². The van der Waals surface area contributed by atoms with Crippen LogP contribution in [0.1, 0.15) is 30.5 Å². The quantitative estimate of drug-likeness (QED) is 0.449. The summed E-state index contributed by atoms with van der Waals surface area (Å²) in [5, 5.41) is 2.76. The number of carbonyl (C=O) groups excluding carboxylic acids is 2. The number of sulfonamides is 1. The Balaban J connectivity index is 2.02. The van der Waals surface area contributed by atoms with Crippen molar-refractivity contribution in [1.82, 2.24) is 10.2 Å². The van der Waals surface area contributed by atoms with Gasteiger partial charge in [-0.1, -0.05) is 66.2 Å². The maximum Gasteiger partial charge on any atom is 0.264 e. The maximum atomic E-state index is 13.8. The minimum absolute atomic E-state index is 0.0860. The van der Waals surface area contributed by atoms with E-state index in [-0.39, 0.29) is 17.3 Å². The third-order valence-corrected chi connectivity index (χ3v) is 7.76. The fraction of sp³-hybridized carbons (Fsp3) is 0.286. The van der Waals surface area contributed by atoms with Gasteiger partial charge >= 0.3 is 0 Å². The van der Waals surface area contributed by atoms with Crippen molar-refractivity contribution < 1.29 is 18.0 Å². The maximum absolute atomic E-state index is 13.8. The van der Waals surface area contributed by atoms with E-state index < -0.39 is 28.5 Å². The number of para-hydroxylation sites is 1. The third kappa shape index (κ3) is 6.31. The van der Waals surface area contributed by atoms with Crippen LogP contribution in [-0.2, 0) is 26.2 Å². The Kier molecular flexibility index (Phi) is 8.88. The largest absolute Gasteiger partial charge is 0.355 e. The number of likely N-dealkylation sites (N-methyl/N-ethyl adjacent to an activating group) is 1. The van der Waals surface area contributed by atoms with Crippen LogP contribution in [0, 0.1) is 13.8 Å². The summed E-state index contributed by atoms with van der Waals surface area (Å²) in [5.41, 5.74) is 3.05. The van der Waals surface area contributed by atoms with Crippen molar-refractivity contribution in [2.75, 3.05) is 17.4 Å². The monoisotopic (exact) mass is 507 g/mol. The molecule has 0 aliphatic heterocycles. The van der Waals surface area contributed by atoms with E-state index in [2.05, 4.69) is 5.32 Å². The molecule has 0 radical (unpaired) electrons. The Morgan fingerprint density at radius 1 is 0.889 bits per heavy atom. The second kappa shape index (κ2) is 11.9. The summed E-state index contributed by atoms with van der Waals surface area (Å²) >= 11 is 0. The SMILES string of the molecule is CCNC(=O)[C@@H](C)N(Cc1ccc(C)cc1)C(=O)CN(c1ccccc1C)S(=O)(=O)c1ccccc1. The molecule has 0 saturated heterocycles. The smallest absolute Gasteiger partial charge is 0.264 e. The highest BCUT2D eigenvalue weighted by atomic mass is 32.2. The van der Waals surface area contributed by atoms with Gasteiger partial charge < -0.3 is 10.2 Å². The first-order chi connectivity index (χ1) is 17.1. The average molecular weight is 508 g/mol. The van der Waals surface area contributed by atoms with E-state index in [0.717, 1.165) is 15.4 Å². The molecular weight excluding hydrogens is 474 g/mol. The summed E-state index contributed by atoms with van der Waals surface area (Å²) in [6.07, 6.45) is 0. The number of anilines is 1. The van der Waals surface area contributed by atoms with Gasteiger partial charge in [0.25, 0.3) is 10.0 Å². The highest BCUT2D eigenvalue weighted by Crippen LogP contribution is 2.27. The molecular formula is C28H33N3O4S. The number of carbonyl (C=O) groups is 2. The average Bonchev–Trinajstić information content (AvgIpc) is 2.87. The summed E-state index contributed by atoms with van der Waals surface area (Å²) in [5.74, 6) is -0.775. The van der Waals surface area contributed by atoms with Gasteiger partial charge in [0.2, 0.25) is 11.8 Å². The molecule has 2 amide bonds. The molecule has 0 unspecified atom stereocenters. The van der Waals surface area contributed by atoms with Crippen molar-refractivity contribution >= 4 is 27.5 Å². The fourth-order valence-corrected chi connectivity index (χ4v) is 5.37. The fourth-order valence-electron chi connectivity index (χ4n) is 3.87. The van der Waals surface area contributed by atoms with Crippen LogP contribution < -0.4 is 9.62 Å². The Morgan fingerprint density at radius 2 is 1.50 bits per heavy atom. The van der Waals surface area contributed by atoms with Crippen molar-refractivity contribution in [3.63, 3.8) is 0 Å². The van der Waals surface area contributed by atoms with E-state index in [0.29, 0.717) is 17.8 Å². The van der Waals surface area contributed by atoms with Crippen LogP contribution in [0.25, 0.3) is 0 Å². The van der Waals surface area contributed by atoms with Gasteiger partial charge in [-0.2, -0.15) is 0 Å². The molecule has 7 nitrogen and oxygen atoms in total. The molecule has 0 saturated carbocycles. The first-order valence-electron chi connectivity index (χ1n) is 11.9. The van der Waals surface area contributed by atoms with Gasteiger partial charge in [-0.15, -0.1) is 0 Å². The van der Waals surface area contributed by atoms with E-state index in [1.54, 1.807) is 50.2 Å². The number of rotatable bonds is 10. The molecule has 0 aliphatic rings. The molecule has 0 aromatic heterocycles. The van der Waals surface area contributed by atoms with Gasteiger partial charge in [0.15, 0.2) is 0 Å². The van der Waals surface area contributed by atoms with Crippen molar-refractivity contribution in [2.24, 2.45) is 0 Å². The van der Waals surface area contributed by atoms with Gasteiger partial charge in [0.05, 0.1) is 10.6 Å². The highest BCUT2D eigenvalue weighted by Gasteiger charge is 2.32. The second-order valence-corrected chi connectivity index (χ2v) is 10.6. The predicted molar refractivity (Wildman–Crippen MR) is 142 cm³/mol. The zero-order chi connectivity index (χ0) is 26.3. The van der Waals surface area contributed by atoms with Crippen LogP contribution in [0.15, 0.2) is 83.8 Å². The Hall–Kier alpha value is -3.65. The molecule has 8 heteroatoms. The molecule has 190 valence electrons. The molecule has 3 aromatic carbocycles. The van der Waals surface area contributed by atoms with E-state index in [4.69, 9.17) is 0 Å². The lowest BCUT2D eigenvalue weighted by Crippen LogP contribution is -2.51. The molecule has 3 aromatic rings. The van der Waals surface area contributed by atoms with E-state index in [1.165, 1.54) is 17.0 Å². The summed E-state index contributed by atoms with van der Waals surface area (Å²) in [6.45, 7) is 7.38. The third-order valence-electron chi connectivity index (χ3n) is 5.99. The van der Waals surface area contributed by atoms with Gasteiger partial charge in [-0.05, 0) is 57.0 Å². The molecule has 0 aliphatic carbocycles. The topological polar surface area (TPSA) is 86.8 Å². The number of nitrogens with zero attached hydrogens (tertiary/aromatic N) is 2. The number of amides is 2. The standard InChI is InChI=1S/C28H33N3O4S/c1-5-29-28(33)23(4)30(19-24-17-15-21(2)16-18-24)27(32)20-31(26-14-10-9-11-22(26)3)36(34,35)25-12-7-6-8-13-25/h6-18,23H,5,19-20H2,1-4H3,(H,29,33)/t23-/m1/s1. The van der Waals surface area contributed by atoms with Crippen molar-refractivity contribution in [2.45, 2.75) is 45.2 Å². The number of nitrogens with one attached hydrogen (secondary N) is 1.